The predicted octanol–water partition coefficient (Wildman–Crippen LogP) is 5.61. The van der Waals surface area contributed by atoms with Crippen molar-refractivity contribution in [3.05, 3.63) is 75.0 Å². The second-order valence-electron chi connectivity index (χ2n) is 5.88. The molecule has 0 aliphatic carbocycles. The fourth-order valence-electron chi connectivity index (χ4n) is 2.66. The van der Waals surface area contributed by atoms with Crippen molar-refractivity contribution in [1.29, 1.82) is 0 Å². The van der Waals surface area contributed by atoms with Crippen molar-refractivity contribution in [2.45, 2.75) is 20.4 Å². The molecule has 0 unspecified atom stereocenters. The van der Waals surface area contributed by atoms with Crippen LogP contribution >= 0.6 is 27.5 Å². The first kappa shape index (κ1) is 18.5. The molecule has 1 heterocycles. The van der Waals surface area contributed by atoms with Crippen LogP contribution in [-0.2, 0) is 6.54 Å². The number of rotatable bonds is 4. The lowest BCUT2D eigenvalue weighted by molar-refractivity contribution is 0.262. The molecule has 3 rings (SSSR count). The molecule has 3 aromatic rings. The van der Waals surface area contributed by atoms with Crippen LogP contribution in [0.4, 0.5) is 16.2 Å². The Balaban J connectivity index is 1.75. The first-order valence-corrected chi connectivity index (χ1v) is 9.22. The van der Waals surface area contributed by atoms with Crippen molar-refractivity contribution in [2.24, 2.45) is 0 Å². The molecule has 26 heavy (non-hydrogen) atoms. The molecule has 0 radical (unpaired) electrons. The number of urea groups is 1. The highest BCUT2D eigenvalue weighted by Gasteiger charge is 2.15. The fourth-order valence-corrected chi connectivity index (χ4v) is 3.26. The van der Waals surface area contributed by atoms with E-state index in [0.717, 1.165) is 21.4 Å². The molecule has 0 aliphatic rings. The molecule has 5 nitrogen and oxygen atoms in total. The molecule has 0 spiro atoms. The topological polar surface area (TPSA) is 59.0 Å². The second-order valence-corrected chi connectivity index (χ2v) is 7.21. The molecule has 0 atom stereocenters. The zero-order valence-corrected chi connectivity index (χ0v) is 16.7. The Hall–Kier alpha value is -2.31. The van der Waals surface area contributed by atoms with Gasteiger partial charge >= 0.3 is 6.03 Å². The zero-order valence-electron chi connectivity index (χ0n) is 14.4. The number of hydrogen-bond acceptors (Lipinski definition) is 2. The van der Waals surface area contributed by atoms with E-state index in [9.17, 15) is 4.79 Å². The highest BCUT2D eigenvalue weighted by molar-refractivity contribution is 9.10. The molecule has 0 saturated carbocycles. The number of halogens is 2. The molecule has 0 bridgehead atoms. The number of nitrogens with zero attached hydrogens (tertiary/aromatic N) is 2. The third-order valence-corrected chi connectivity index (χ3v) is 4.84. The summed E-state index contributed by atoms with van der Waals surface area (Å²) in [6.45, 7) is 4.33. The maximum atomic E-state index is 12.3. The fraction of sp³-hybridized carbons (Fsp3) is 0.158. The van der Waals surface area contributed by atoms with Crippen LogP contribution in [0.2, 0.25) is 5.02 Å². The minimum atomic E-state index is -0.313. The number of carbonyl (C=O) groups is 1. The van der Waals surface area contributed by atoms with E-state index in [2.05, 4.69) is 31.7 Å². The Morgan fingerprint density at radius 3 is 2.65 bits per heavy atom. The van der Waals surface area contributed by atoms with Gasteiger partial charge in [-0.15, -0.1) is 0 Å². The van der Waals surface area contributed by atoms with Crippen molar-refractivity contribution < 1.29 is 4.79 Å². The van der Waals surface area contributed by atoms with Gasteiger partial charge in [-0.3, -0.25) is 4.68 Å². The maximum absolute atomic E-state index is 12.3. The lowest BCUT2D eigenvalue weighted by Gasteiger charge is -2.09. The summed E-state index contributed by atoms with van der Waals surface area (Å²) in [5.74, 6) is 0. The summed E-state index contributed by atoms with van der Waals surface area (Å²) in [4.78, 5) is 12.3. The van der Waals surface area contributed by atoms with Crippen LogP contribution in [0.25, 0.3) is 0 Å². The average molecular weight is 434 g/mol. The Morgan fingerprint density at radius 2 is 1.92 bits per heavy atom. The first-order valence-electron chi connectivity index (χ1n) is 8.05. The van der Waals surface area contributed by atoms with Crippen molar-refractivity contribution in [1.82, 2.24) is 9.78 Å². The number of amides is 2. The Labute approximate surface area is 165 Å². The van der Waals surface area contributed by atoms with E-state index in [1.807, 2.05) is 67.1 Å². The number of aromatic nitrogens is 2. The minimum Gasteiger partial charge on any atom is -0.308 e. The standard InChI is InChI=1S/C19H18BrClN4O/c1-12-18(23-19(26)22-16-8-5-7-15(20)10-16)13(2)25(24-12)11-14-6-3-4-9-17(14)21/h3-10H,11H2,1-2H3,(H2,22,23,26). The monoisotopic (exact) mass is 432 g/mol. The third-order valence-electron chi connectivity index (χ3n) is 3.98. The Kier molecular flexibility index (Phi) is 5.64. The van der Waals surface area contributed by atoms with Gasteiger partial charge in [-0.05, 0) is 43.7 Å². The largest absolute Gasteiger partial charge is 0.323 e. The molecule has 0 saturated heterocycles. The summed E-state index contributed by atoms with van der Waals surface area (Å²) in [5.41, 5.74) is 4.00. The van der Waals surface area contributed by atoms with Crippen molar-refractivity contribution in [3.63, 3.8) is 0 Å². The molecule has 134 valence electrons. The van der Waals surface area contributed by atoms with Crippen LogP contribution in [0, 0.1) is 13.8 Å². The van der Waals surface area contributed by atoms with Gasteiger partial charge in [0.2, 0.25) is 0 Å². The number of benzene rings is 2. The van der Waals surface area contributed by atoms with Gasteiger partial charge in [0.25, 0.3) is 0 Å². The highest BCUT2D eigenvalue weighted by atomic mass is 79.9. The van der Waals surface area contributed by atoms with E-state index in [0.29, 0.717) is 22.9 Å². The lowest BCUT2D eigenvalue weighted by Crippen LogP contribution is -2.20. The molecule has 1 aromatic heterocycles. The van der Waals surface area contributed by atoms with Gasteiger partial charge < -0.3 is 10.6 Å². The summed E-state index contributed by atoms with van der Waals surface area (Å²) >= 11 is 9.62. The van der Waals surface area contributed by atoms with Gasteiger partial charge in [-0.25, -0.2) is 4.79 Å². The van der Waals surface area contributed by atoms with E-state index in [-0.39, 0.29) is 6.03 Å². The van der Waals surface area contributed by atoms with E-state index in [1.54, 1.807) is 0 Å². The summed E-state index contributed by atoms with van der Waals surface area (Å²) in [7, 11) is 0. The molecule has 2 N–H and O–H groups in total. The third kappa shape index (κ3) is 4.26. The van der Waals surface area contributed by atoms with Gasteiger partial charge in [0.1, 0.15) is 0 Å². The minimum absolute atomic E-state index is 0.313. The molecule has 2 aromatic carbocycles. The quantitative estimate of drug-likeness (QED) is 0.562. The predicted molar refractivity (Wildman–Crippen MR) is 109 cm³/mol. The summed E-state index contributed by atoms with van der Waals surface area (Å²) in [5, 5.41) is 10.9. The first-order chi connectivity index (χ1) is 12.4. The van der Waals surface area contributed by atoms with E-state index in [4.69, 9.17) is 11.6 Å². The maximum Gasteiger partial charge on any atom is 0.323 e. The van der Waals surface area contributed by atoms with Gasteiger partial charge in [0.05, 0.1) is 23.6 Å². The van der Waals surface area contributed by atoms with Crippen molar-refractivity contribution in [2.75, 3.05) is 10.6 Å². The summed E-state index contributed by atoms with van der Waals surface area (Å²) in [6, 6.07) is 14.8. The normalized spacial score (nSPS) is 10.6. The molecular weight excluding hydrogens is 416 g/mol. The number of anilines is 2. The van der Waals surface area contributed by atoms with Crippen LogP contribution in [-0.4, -0.2) is 15.8 Å². The number of aryl methyl sites for hydroxylation is 1. The van der Waals surface area contributed by atoms with Gasteiger partial charge in [0.15, 0.2) is 0 Å². The smallest absolute Gasteiger partial charge is 0.308 e. The van der Waals surface area contributed by atoms with E-state index < -0.39 is 0 Å². The highest BCUT2D eigenvalue weighted by Crippen LogP contribution is 2.23. The van der Waals surface area contributed by atoms with Crippen molar-refractivity contribution >= 4 is 44.9 Å². The second kappa shape index (κ2) is 7.93. The zero-order chi connectivity index (χ0) is 18.7. The Bertz CT molecular complexity index is 954. The van der Waals surface area contributed by atoms with Crippen LogP contribution in [0.3, 0.4) is 0 Å². The molecule has 0 aliphatic heterocycles. The van der Waals surface area contributed by atoms with Gasteiger partial charge in [-0.2, -0.15) is 5.10 Å². The Morgan fingerprint density at radius 1 is 1.15 bits per heavy atom. The number of carbonyl (C=O) groups excluding carboxylic acids is 1. The van der Waals surface area contributed by atoms with Gasteiger partial charge in [0, 0.05) is 15.2 Å². The molecule has 7 heteroatoms. The van der Waals surface area contributed by atoms with Crippen LogP contribution in [0.5, 0.6) is 0 Å². The van der Waals surface area contributed by atoms with Crippen LogP contribution in [0.15, 0.2) is 53.0 Å². The molecule has 2 amide bonds. The SMILES string of the molecule is Cc1nn(Cc2ccccc2Cl)c(C)c1NC(=O)Nc1cccc(Br)c1. The van der Waals surface area contributed by atoms with E-state index in [1.165, 1.54) is 0 Å². The van der Waals surface area contributed by atoms with Crippen molar-refractivity contribution in [3.8, 4) is 0 Å². The summed E-state index contributed by atoms with van der Waals surface area (Å²) < 4.78 is 2.74. The van der Waals surface area contributed by atoms with Gasteiger partial charge in [-0.1, -0.05) is 51.8 Å². The lowest BCUT2D eigenvalue weighted by atomic mass is 10.2. The number of hydrogen-bond donors (Lipinski definition) is 2. The summed E-state index contributed by atoms with van der Waals surface area (Å²) in [6.07, 6.45) is 0. The number of nitrogens with one attached hydrogen (secondary N) is 2. The molecular formula is C19H18BrClN4O. The molecule has 0 fully saturated rings. The van der Waals surface area contributed by atoms with E-state index >= 15 is 0 Å². The van der Waals surface area contributed by atoms with Crippen LogP contribution < -0.4 is 10.6 Å². The average Bonchev–Trinajstić information content (AvgIpc) is 2.84. The van der Waals surface area contributed by atoms with Crippen LogP contribution in [0.1, 0.15) is 17.0 Å².